The molecule has 0 aliphatic carbocycles. The van der Waals surface area contributed by atoms with Crippen LogP contribution in [0, 0.1) is 6.92 Å². The Hall–Kier alpha value is -1.52. The molecule has 1 aromatic carbocycles. The molecule has 5 heteroatoms. The van der Waals surface area contributed by atoms with Gasteiger partial charge in [0.25, 0.3) is 5.91 Å². The number of amides is 1. The number of nitrogen functional groups attached to an aromatic ring is 1. The molecular formula is C14H15ClN2OS. The molecule has 0 aliphatic rings. The van der Waals surface area contributed by atoms with E-state index in [1.807, 2.05) is 30.5 Å². The van der Waals surface area contributed by atoms with E-state index in [9.17, 15) is 4.79 Å². The fourth-order valence-electron chi connectivity index (χ4n) is 1.84. The smallest absolute Gasteiger partial charge is 0.256 e. The van der Waals surface area contributed by atoms with E-state index in [0.717, 1.165) is 16.7 Å². The van der Waals surface area contributed by atoms with E-state index in [1.165, 1.54) is 16.2 Å². The molecule has 0 atom stereocenters. The average Bonchev–Trinajstić information content (AvgIpc) is 2.73. The monoisotopic (exact) mass is 294 g/mol. The van der Waals surface area contributed by atoms with Gasteiger partial charge in [-0.3, -0.25) is 4.79 Å². The van der Waals surface area contributed by atoms with E-state index in [-0.39, 0.29) is 5.91 Å². The van der Waals surface area contributed by atoms with Gasteiger partial charge in [0, 0.05) is 30.1 Å². The van der Waals surface area contributed by atoms with Crippen LogP contribution in [0.2, 0.25) is 5.02 Å². The zero-order valence-corrected chi connectivity index (χ0v) is 12.6. The van der Waals surface area contributed by atoms with Gasteiger partial charge >= 0.3 is 0 Å². The zero-order valence-electron chi connectivity index (χ0n) is 11.0. The number of nitrogens with two attached hydrogens (primary N) is 1. The Morgan fingerprint density at radius 1 is 1.37 bits per heavy atom. The van der Waals surface area contributed by atoms with Crippen molar-refractivity contribution < 1.29 is 4.79 Å². The molecular weight excluding hydrogens is 280 g/mol. The van der Waals surface area contributed by atoms with Gasteiger partial charge in [-0.1, -0.05) is 17.7 Å². The number of benzene rings is 1. The Morgan fingerprint density at radius 3 is 2.63 bits per heavy atom. The molecule has 0 radical (unpaired) electrons. The molecule has 2 aromatic rings. The average molecular weight is 295 g/mol. The lowest BCUT2D eigenvalue weighted by Gasteiger charge is -2.12. The minimum absolute atomic E-state index is 0.0821. The Morgan fingerprint density at radius 2 is 2.05 bits per heavy atom. The highest BCUT2D eigenvalue weighted by Crippen LogP contribution is 2.35. The Kier molecular flexibility index (Phi) is 3.83. The summed E-state index contributed by atoms with van der Waals surface area (Å²) >= 11 is 7.41. The standard InChI is InChI=1S/C14H15ClN2OS/c1-8-6-9(4-5-11(8)15)10-7-19-13(16)12(10)14(18)17(2)3/h4-7H,16H2,1-3H3. The SMILES string of the molecule is Cc1cc(-c2csc(N)c2C(=O)N(C)C)ccc1Cl. The van der Waals surface area contributed by atoms with Crippen molar-refractivity contribution in [2.45, 2.75) is 6.92 Å². The second-order valence-electron chi connectivity index (χ2n) is 4.55. The number of carbonyl (C=O) groups is 1. The van der Waals surface area contributed by atoms with Crippen LogP contribution in [0.3, 0.4) is 0 Å². The van der Waals surface area contributed by atoms with Crippen LogP contribution in [-0.2, 0) is 0 Å². The molecule has 2 rings (SSSR count). The van der Waals surface area contributed by atoms with Crippen molar-refractivity contribution in [3.8, 4) is 11.1 Å². The summed E-state index contributed by atoms with van der Waals surface area (Å²) in [4.78, 5) is 13.7. The van der Waals surface area contributed by atoms with Crippen LogP contribution < -0.4 is 5.73 Å². The largest absolute Gasteiger partial charge is 0.390 e. The van der Waals surface area contributed by atoms with E-state index in [4.69, 9.17) is 17.3 Å². The lowest BCUT2D eigenvalue weighted by Crippen LogP contribution is -2.22. The van der Waals surface area contributed by atoms with E-state index >= 15 is 0 Å². The van der Waals surface area contributed by atoms with Crippen LogP contribution in [0.1, 0.15) is 15.9 Å². The molecule has 0 aliphatic heterocycles. The van der Waals surface area contributed by atoms with E-state index < -0.39 is 0 Å². The molecule has 1 aromatic heterocycles. The number of aryl methyl sites for hydroxylation is 1. The summed E-state index contributed by atoms with van der Waals surface area (Å²) in [7, 11) is 3.44. The molecule has 0 spiro atoms. The minimum atomic E-state index is -0.0821. The molecule has 1 amide bonds. The summed E-state index contributed by atoms with van der Waals surface area (Å²) in [6.07, 6.45) is 0. The number of halogens is 1. The number of rotatable bonds is 2. The maximum atomic E-state index is 12.2. The van der Waals surface area contributed by atoms with Crippen molar-refractivity contribution in [1.29, 1.82) is 0 Å². The molecule has 1 heterocycles. The first-order valence-corrected chi connectivity index (χ1v) is 7.02. The third kappa shape index (κ3) is 2.60. The van der Waals surface area contributed by atoms with Crippen molar-refractivity contribution in [3.63, 3.8) is 0 Å². The summed E-state index contributed by atoms with van der Waals surface area (Å²) in [5, 5.41) is 3.17. The number of carbonyl (C=O) groups excluding carboxylic acids is 1. The predicted molar refractivity (Wildman–Crippen MR) is 81.9 cm³/mol. The van der Waals surface area contributed by atoms with Gasteiger partial charge in [0.15, 0.2) is 0 Å². The fourth-order valence-corrected chi connectivity index (χ4v) is 2.77. The third-order valence-corrected chi connectivity index (χ3v) is 4.14. The minimum Gasteiger partial charge on any atom is -0.390 e. The highest BCUT2D eigenvalue weighted by Gasteiger charge is 2.20. The zero-order chi connectivity index (χ0) is 14.2. The van der Waals surface area contributed by atoms with Crippen molar-refractivity contribution in [2.75, 3.05) is 19.8 Å². The number of nitrogens with zero attached hydrogens (tertiary/aromatic N) is 1. The Bertz CT molecular complexity index is 634. The number of hydrogen-bond acceptors (Lipinski definition) is 3. The summed E-state index contributed by atoms with van der Waals surface area (Å²) in [5.41, 5.74) is 9.30. The van der Waals surface area contributed by atoms with Crippen LogP contribution in [0.25, 0.3) is 11.1 Å². The van der Waals surface area contributed by atoms with Crippen molar-refractivity contribution in [1.82, 2.24) is 4.90 Å². The van der Waals surface area contributed by atoms with Gasteiger partial charge in [-0.05, 0) is 30.2 Å². The van der Waals surface area contributed by atoms with Crippen LogP contribution in [0.5, 0.6) is 0 Å². The molecule has 0 saturated heterocycles. The van der Waals surface area contributed by atoms with E-state index in [1.54, 1.807) is 14.1 Å². The Balaban J connectivity index is 2.57. The van der Waals surface area contributed by atoms with Gasteiger partial charge in [-0.25, -0.2) is 0 Å². The first-order valence-electron chi connectivity index (χ1n) is 5.77. The number of hydrogen-bond donors (Lipinski definition) is 1. The normalized spacial score (nSPS) is 10.5. The maximum absolute atomic E-state index is 12.2. The summed E-state index contributed by atoms with van der Waals surface area (Å²) < 4.78 is 0. The highest BCUT2D eigenvalue weighted by molar-refractivity contribution is 7.15. The number of thiophene rings is 1. The molecule has 100 valence electrons. The van der Waals surface area contributed by atoms with Gasteiger partial charge in [0.2, 0.25) is 0 Å². The third-order valence-electron chi connectivity index (χ3n) is 2.91. The summed E-state index contributed by atoms with van der Waals surface area (Å²) in [6.45, 7) is 1.94. The van der Waals surface area contributed by atoms with Gasteiger partial charge in [0.1, 0.15) is 0 Å². The second-order valence-corrected chi connectivity index (χ2v) is 5.87. The van der Waals surface area contributed by atoms with Crippen LogP contribution >= 0.6 is 22.9 Å². The number of anilines is 1. The van der Waals surface area contributed by atoms with E-state index in [2.05, 4.69) is 0 Å². The molecule has 3 nitrogen and oxygen atoms in total. The van der Waals surface area contributed by atoms with Gasteiger partial charge in [0.05, 0.1) is 10.6 Å². The fraction of sp³-hybridized carbons (Fsp3) is 0.214. The topological polar surface area (TPSA) is 46.3 Å². The summed E-state index contributed by atoms with van der Waals surface area (Å²) in [5.74, 6) is -0.0821. The van der Waals surface area contributed by atoms with Crippen LogP contribution in [0.15, 0.2) is 23.6 Å². The molecule has 0 fully saturated rings. The van der Waals surface area contributed by atoms with Crippen molar-refractivity contribution in [2.24, 2.45) is 0 Å². The van der Waals surface area contributed by atoms with Crippen LogP contribution in [0.4, 0.5) is 5.00 Å². The molecule has 0 unspecified atom stereocenters. The summed E-state index contributed by atoms with van der Waals surface area (Å²) in [6, 6.07) is 5.71. The molecule has 0 bridgehead atoms. The van der Waals surface area contributed by atoms with Crippen molar-refractivity contribution >= 4 is 33.8 Å². The quantitative estimate of drug-likeness (QED) is 0.919. The molecule has 19 heavy (non-hydrogen) atoms. The van der Waals surface area contributed by atoms with Crippen LogP contribution in [-0.4, -0.2) is 24.9 Å². The molecule has 2 N–H and O–H groups in total. The molecule has 0 saturated carbocycles. The van der Waals surface area contributed by atoms with Gasteiger partial charge < -0.3 is 10.6 Å². The Labute approximate surface area is 121 Å². The lowest BCUT2D eigenvalue weighted by atomic mass is 10.0. The lowest BCUT2D eigenvalue weighted by molar-refractivity contribution is 0.0830. The van der Waals surface area contributed by atoms with E-state index in [0.29, 0.717) is 15.6 Å². The predicted octanol–water partition coefficient (Wildman–Crippen LogP) is 3.66. The van der Waals surface area contributed by atoms with Gasteiger partial charge in [-0.15, -0.1) is 11.3 Å². The van der Waals surface area contributed by atoms with Crippen molar-refractivity contribution in [3.05, 3.63) is 39.7 Å². The first kappa shape index (κ1) is 13.9. The second kappa shape index (κ2) is 5.23. The highest BCUT2D eigenvalue weighted by atomic mass is 35.5. The van der Waals surface area contributed by atoms with Gasteiger partial charge in [-0.2, -0.15) is 0 Å². The first-order chi connectivity index (χ1) is 8.91. The maximum Gasteiger partial charge on any atom is 0.256 e.